The molecule has 0 saturated carbocycles. The van der Waals surface area contributed by atoms with Crippen LogP contribution in [-0.2, 0) is 28.8 Å². The summed E-state index contributed by atoms with van der Waals surface area (Å²) in [7, 11) is 0. The molecule has 152 valence electrons. The Labute approximate surface area is 153 Å². The average molecular weight is 390 g/mol. The molecule has 0 aromatic heterocycles. The highest BCUT2D eigenvalue weighted by Crippen LogP contribution is 2.43. The molecule has 0 aliphatic carbocycles. The predicted octanol–water partition coefficient (Wildman–Crippen LogP) is -3.58. The summed E-state index contributed by atoms with van der Waals surface area (Å²) >= 11 is 0. The van der Waals surface area contributed by atoms with Gasteiger partial charge in [0, 0.05) is 6.92 Å². The van der Waals surface area contributed by atoms with Gasteiger partial charge in [-0.15, -0.1) is 0 Å². The van der Waals surface area contributed by atoms with Crippen molar-refractivity contribution >= 4 is 34.7 Å². The van der Waals surface area contributed by atoms with E-state index in [2.05, 4.69) is 0 Å². The van der Waals surface area contributed by atoms with Crippen LogP contribution in [0, 0.1) is 0 Å². The minimum Gasteiger partial charge on any atom is -0.393 e. The Morgan fingerprint density at radius 2 is 1.00 bits per heavy atom. The molecule has 0 spiro atoms. The third-order valence-corrected chi connectivity index (χ3v) is 4.63. The van der Waals surface area contributed by atoms with Crippen LogP contribution in [0.25, 0.3) is 0 Å². The summed E-state index contributed by atoms with van der Waals surface area (Å²) in [5.41, 5.74) is -16.0. The summed E-state index contributed by atoms with van der Waals surface area (Å²) in [6.45, 7) is 0.706. The van der Waals surface area contributed by atoms with Crippen LogP contribution in [0.2, 0.25) is 0 Å². The lowest BCUT2D eigenvalue weighted by Gasteiger charge is -2.52. The molecular weight excluding hydrogens is 368 g/mol. The lowest BCUT2D eigenvalue weighted by atomic mass is 9.57. The first-order valence-electron chi connectivity index (χ1n) is 7.54. The number of hydrogen-bond donors (Lipinski definition) is 5. The van der Waals surface area contributed by atoms with E-state index in [1.807, 2.05) is 0 Å². The summed E-state index contributed by atoms with van der Waals surface area (Å²) in [6.07, 6.45) is 0. The Morgan fingerprint density at radius 3 is 1.19 bits per heavy atom. The molecule has 0 aromatic rings. The van der Waals surface area contributed by atoms with Gasteiger partial charge in [0.1, 0.15) is 0 Å². The van der Waals surface area contributed by atoms with Crippen molar-refractivity contribution in [1.82, 2.24) is 0 Å². The molecule has 0 heterocycles. The van der Waals surface area contributed by atoms with E-state index in [9.17, 15) is 54.3 Å². The van der Waals surface area contributed by atoms with Crippen LogP contribution >= 0.6 is 0 Å². The molecule has 0 bridgehead atoms. The van der Waals surface area contributed by atoms with Crippen molar-refractivity contribution in [2.45, 2.75) is 57.0 Å². The predicted molar refractivity (Wildman–Crippen MR) is 85.3 cm³/mol. The Bertz CT molecular complexity index is 726. The van der Waals surface area contributed by atoms with Gasteiger partial charge in [0.05, 0.1) is 6.61 Å². The van der Waals surface area contributed by atoms with Gasteiger partial charge in [0.15, 0.2) is 34.5 Å². The van der Waals surface area contributed by atoms with Crippen molar-refractivity contribution in [3.63, 3.8) is 0 Å². The van der Waals surface area contributed by atoms with Crippen molar-refractivity contribution in [2.24, 2.45) is 0 Å². The Kier molecular flexibility index (Phi) is 6.84. The van der Waals surface area contributed by atoms with Crippen molar-refractivity contribution in [2.75, 3.05) is 6.61 Å². The zero-order valence-electron chi connectivity index (χ0n) is 15.4. The van der Waals surface area contributed by atoms with Gasteiger partial charge in [-0.05, 0) is 27.7 Å². The van der Waals surface area contributed by atoms with E-state index >= 15 is 0 Å². The van der Waals surface area contributed by atoms with E-state index in [0.29, 0.717) is 34.6 Å². The smallest absolute Gasteiger partial charge is 0.240 e. The summed E-state index contributed by atoms with van der Waals surface area (Å²) in [6, 6.07) is 0. The van der Waals surface area contributed by atoms with E-state index in [1.54, 1.807) is 0 Å². The molecular formula is C16H22O11. The minimum absolute atomic E-state index is 0.424. The third kappa shape index (κ3) is 2.97. The Hall–Kier alpha value is -2.18. The fourth-order valence-corrected chi connectivity index (χ4v) is 2.93. The summed E-state index contributed by atoms with van der Waals surface area (Å²) < 4.78 is 0. The second-order valence-electron chi connectivity index (χ2n) is 6.26. The summed E-state index contributed by atoms with van der Waals surface area (Å²) in [4.78, 5) is 72.0. The number of carbonyl (C=O) groups excluding carboxylic acids is 6. The number of hydrogen-bond acceptors (Lipinski definition) is 11. The maximum atomic E-state index is 12.2. The standard InChI is InChI=1S/C16H22O11/c1-7(18)12(23)14(25,9(3)20)16(27,11(5)22)15(26,10(4)21)13(24,6-17)8(2)19/h17,24-27H,6H2,1-5H3/t13-,14-,15-,16+/m0/s1. The molecule has 0 saturated heterocycles. The number of aliphatic hydroxyl groups excluding tert-OH is 1. The molecule has 0 rings (SSSR count). The molecule has 11 heteroatoms. The normalized spacial score (nSPS) is 20.2. The molecule has 0 aromatic carbocycles. The maximum Gasteiger partial charge on any atom is 0.240 e. The largest absolute Gasteiger partial charge is 0.393 e. The number of rotatable bonds is 10. The summed E-state index contributed by atoms with van der Waals surface area (Å²) in [5, 5.41) is 52.3. The van der Waals surface area contributed by atoms with Crippen LogP contribution in [-0.4, -0.2) is 89.2 Å². The van der Waals surface area contributed by atoms with Gasteiger partial charge >= 0.3 is 0 Å². The van der Waals surface area contributed by atoms with Crippen LogP contribution in [0.5, 0.6) is 0 Å². The van der Waals surface area contributed by atoms with Crippen LogP contribution < -0.4 is 0 Å². The van der Waals surface area contributed by atoms with E-state index in [0.717, 1.165) is 0 Å². The molecule has 4 atom stereocenters. The second kappa shape index (κ2) is 7.44. The SMILES string of the molecule is CC(=O)C(=O)[C@@](O)(C(C)=O)[C@](O)(C(C)=O)[C@](O)(C(C)=O)[C@](O)(CO)C(C)=O. The summed E-state index contributed by atoms with van der Waals surface area (Å²) in [5.74, 6) is -10.5. The zero-order valence-corrected chi connectivity index (χ0v) is 15.4. The Morgan fingerprint density at radius 1 is 0.630 bits per heavy atom. The van der Waals surface area contributed by atoms with Gasteiger partial charge in [0.25, 0.3) is 0 Å². The topological polar surface area (TPSA) is 204 Å². The van der Waals surface area contributed by atoms with Crippen molar-refractivity contribution in [3.8, 4) is 0 Å². The molecule has 0 amide bonds. The van der Waals surface area contributed by atoms with Crippen molar-refractivity contribution < 1.29 is 54.3 Å². The van der Waals surface area contributed by atoms with Gasteiger partial charge in [-0.1, -0.05) is 0 Å². The molecule has 0 aliphatic heterocycles. The molecule has 0 radical (unpaired) electrons. The number of aliphatic hydroxyl groups is 5. The molecule has 27 heavy (non-hydrogen) atoms. The minimum atomic E-state index is -4.20. The second-order valence-corrected chi connectivity index (χ2v) is 6.26. The van der Waals surface area contributed by atoms with E-state index < -0.39 is 63.7 Å². The molecule has 0 aliphatic rings. The van der Waals surface area contributed by atoms with Gasteiger partial charge < -0.3 is 25.5 Å². The quantitative estimate of drug-likeness (QED) is 0.182. The van der Waals surface area contributed by atoms with E-state index in [1.165, 1.54) is 0 Å². The Balaban J connectivity index is 7.62. The lowest BCUT2D eigenvalue weighted by Crippen LogP contribution is -2.85. The van der Waals surface area contributed by atoms with Gasteiger partial charge in [-0.2, -0.15) is 0 Å². The number of carbonyl (C=O) groups is 6. The maximum absolute atomic E-state index is 12.2. The monoisotopic (exact) mass is 390 g/mol. The lowest BCUT2D eigenvalue weighted by molar-refractivity contribution is -0.264. The highest BCUT2D eigenvalue weighted by atomic mass is 16.4. The number of Topliss-reactive ketones (excluding diaryl/α,β-unsaturated/α-hetero) is 6. The first kappa shape index (κ1) is 24.8. The highest BCUT2D eigenvalue weighted by molar-refractivity contribution is 6.45. The molecule has 11 nitrogen and oxygen atoms in total. The molecule has 0 unspecified atom stereocenters. The van der Waals surface area contributed by atoms with E-state index in [-0.39, 0.29) is 0 Å². The third-order valence-electron chi connectivity index (χ3n) is 4.63. The molecule has 0 fully saturated rings. The van der Waals surface area contributed by atoms with Gasteiger partial charge in [-0.25, -0.2) is 0 Å². The first-order valence-corrected chi connectivity index (χ1v) is 7.54. The zero-order chi connectivity index (χ0) is 22.2. The van der Waals surface area contributed by atoms with E-state index in [4.69, 9.17) is 0 Å². The van der Waals surface area contributed by atoms with Crippen LogP contribution in [0.15, 0.2) is 0 Å². The van der Waals surface area contributed by atoms with Crippen LogP contribution in [0.1, 0.15) is 34.6 Å². The fraction of sp³-hybridized carbons (Fsp3) is 0.625. The van der Waals surface area contributed by atoms with Gasteiger partial charge in [0.2, 0.25) is 22.6 Å². The fourth-order valence-electron chi connectivity index (χ4n) is 2.93. The highest BCUT2D eigenvalue weighted by Gasteiger charge is 2.79. The van der Waals surface area contributed by atoms with Crippen molar-refractivity contribution in [3.05, 3.63) is 0 Å². The first-order chi connectivity index (χ1) is 11.9. The molecule has 5 N–H and O–H groups in total. The average Bonchev–Trinajstić information content (AvgIpc) is 2.56. The van der Waals surface area contributed by atoms with Crippen molar-refractivity contribution in [1.29, 1.82) is 0 Å². The van der Waals surface area contributed by atoms with Crippen LogP contribution in [0.4, 0.5) is 0 Å². The number of ketones is 6. The van der Waals surface area contributed by atoms with Gasteiger partial charge in [-0.3, -0.25) is 28.8 Å². The van der Waals surface area contributed by atoms with Crippen LogP contribution in [0.3, 0.4) is 0 Å².